The van der Waals surface area contributed by atoms with Gasteiger partial charge in [-0.1, -0.05) is 6.07 Å². The van der Waals surface area contributed by atoms with Gasteiger partial charge in [0.1, 0.15) is 13.1 Å². The number of ether oxygens (including phenoxy) is 2. The SMILES string of the molecule is COC(=O)CN(CC(=O)OC)C(=O)c1cccc(I)c1. The van der Waals surface area contributed by atoms with Gasteiger partial charge in [-0.05, 0) is 40.8 Å². The number of halogens is 1. The first kappa shape index (κ1) is 16.4. The van der Waals surface area contributed by atoms with Gasteiger partial charge in [0.2, 0.25) is 0 Å². The standard InChI is InChI=1S/C13H14INO5/c1-19-11(16)7-15(8-12(17)20-2)13(18)9-4-3-5-10(14)6-9/h3-6H,7-8H2,1-2H3. The summed E-state index contributed by atoms with van der Waals surface area (Å²) in [5, 5.41) is 0. The molecule has 0 fully saturated rings. The summed E-state index contributed by atoms with van der Waals surface area (Å²) in [6, 6.07) is 6.85. The van der Waals surface area contributed by atoms with Crippen LogP contribution in [0, 0.1) is 3.57 Å². The molecule has 1 amide bonds. The highest BCUT2D eigenvalue weighted by Gasteiger charge is 2.22. The lowest BCUT2D eigenvalue weighted by Crippen LogP contribution is -2.40. The Morgan fingerprint density at radius 3 is 2.10 bits per heavy atom. The highest BCUT2D eigenvalue weighted by Crippen LogP contribution is 2.10. The molecule has 1 rings (SSSR count). The average molecular weight is 391 g/mol. The second kappa shape index (κ2) is 7.83. The van der Waals surface area contributed by atoms with E-state index >= 15 is 0 Å². The van der Waals surface area contributed by atoms with E-state index < -0.39 is 17.8 Å². The van der Waals surface area contributed by atoms with E-state index in [0.717, 1.165) is 8.47 Å². The minimum Gasteiger partial charge on any atom is -0.468 e. The van der Waals surface area contributed by atoms with Crippen molar-refractivity contribution in [1.29, 1.82) is 0 Å². The zero-order valence-corrected chi connectivity index (χ0v) is 13.2. The quantitative estimate of drug-likeness (QED) is 0.555. The molecule has 1 aromatic rings. The lowest BCUT2D eigenvalue weighted by Gasteiger charge is -2.20. The van der Waals surface area contributed by atoms with Crippen molar-refractivity contribution in [3.8, 4) is 0 Å². The molecule has 7 heteroatoms. The molecule has 0 aliphatic rings. The largest absolute Gasteiger partial charge is 0.468 e. The molecule has 108 valence electrons. The summed E-state index contributed by atoms with van der Waals surface area (Å²) >= 11 is 2.07. The van der Waals surface area contributed by atoms with Crippen LogP contribution in [0.5, 0.6) is 0 Å². The van der Waals surface area contributed by atoms with Gasteiger partial charge in [-0.25, -0.2) is 0 Å². The van der Waals surface area contributed by atoms with Crippen molar-refractivity contribution < 1.29 is 23.9 Å². The molecule has 6 nitrogen and oxygen atoms in total. The van der Waals surface area contributed by atoms with Gasteiger partial charge in [0.15, 0.2) is 0 Å². The summed E-state index contributed by atoms with van der Waals surface area (Å²) in [6.07, 6.45) is 0. The van der Waals surface area contributed by atoms with E-state index in [1.54, 1.807) is 18.2 Å². The van der Waals surface area contributed by atoms with Gasteiger partial charge in [-0.15, -0.1) is 0 Å². The van der Waals surface area contributed by atoms with Crippen LogP contribution in [0.3, 0.4) is 0 Å². The molecule has 0 saturated carbocycles. The molecule has 0 aliphatic heterocycles. The van der Waals surface area contributed by atoms with Crippen molar-refractivity contribution >= 4 is 40.4 Å². The number of carbonyl (C=O) groups excluding carboxylic acids is 3. The molecule has 0 spiro atoms. The summed E-state index contributed by atoms with van der Waals surface area (Å²) in [5.74, 6) is -1.64. The fourth-order valence-electron chi connectivity index (χ4n) is 1.44. The van der Waals surface area contributed by atoms with Crippen molar-refractivity contribution in [2.24, 2.45) is 0 Å². The fourth-order valence-corrected chi connectivity index (χ4v) is 1.99. The third kappa shape index (κ3) is 4.80. The lowest BCUT2D eigenvalue weighted by molar-refractivity contribution is -0.144. The number of hydrogen-bond acceptors (Lipinski definition) is 5. The van der Waals surface area contributed by atoms with Gasteiger partial charge in [-0.2, -0.15) is 0 Å². The van der Waals surface area contributed by atoms with Crippen molar-refractivity contribution in [2.45, 2.75) is 0 Å². The molecule has 0 aliphatic carbocycles. The third-order valence-electron chi connectivity index (χ3n) is 2.45. The van der Waals surface area contributed by atoms with E-state index in [9.17, 15) is 14.4 Å². The minimum absolute atomic E-state index is 0.310. The maximum Gasteiger partial charge on any atom is 0.325 e. The second-order valence-electron chi connectivity index (χ2n) is 3.82. The Hall–Kier alpha value is -1.64. The minimum atomic E-state index is -0.604. The summed E-state index contributed by atoms with van der Waals surface area (Å²) in [4.78, 5) is 36.0. The summed E-state index contributed by atoms with van der Waals surface area (Å²) in [5.41, 5.74) is 0.393. The first-order valence-electron chi connectivity index (χ1n) is 5.66. The predicted octanol–water partition coefficient (Wildman–Crippen LogP) is 1.08. The van der Waals surface area contributed by atoms with E-state index in [0.29, 0.717) is 5.56 Å². The first-order chi connectivity index (χ1) is 9.47. The first-order valence-corrected chi connectivity index (χ1v) is 6.74. The third-order valence-corrected chi connectivity index (χ3v) is 3.13. The number of benzene rings is 1. The molecule has 1 aromatic carbocycles. The molecular formula is C13H14INO5. The monoisotopic (exact) mass is 391 g/mol. The molecule has 0 aromatic heterocycles. The Balaban J connectivity index is 2.93. The predicted molar refractivity (Wildman–Crippen MR) is 79.1 cm³/mol. The lowest BCUT2D eigenvalue weighted by atomic mass is 10.2. The Morgan fingerprint density at radius 2 is 1.65 bits per heavy atom. The number of nitrogens with zero attached hydrogens (tertiary/aromatic N) is 1. The number of carbonyl (C=O) groups is 3. The molecule has 0 heterocycles. The Labute approximate surface area is 130 Å². The Morgan fingerprint density at radius 1 is 1.10 bits per heavy atom. The number of hydrogen-bond donors (Lipinski definition) is 0. The highest BCUT2D eigenvalue weighted by atomic mass is 127. The van der Waals surface area contributed by atoms with Crippen LogP contribution in [0.4, 0.5) is 0 Å². The number of methoxy groups -OCH3 is 2. The molecule has 0 saturated heterocycles. The van der Waals surface area contributed by atoms with Crippen LogP contribution in [-0.2, 0) is 19.1 Å². The fraction of sp³-hybridized carbons (Fsp3) is 0.308. The zero-order chi connectivity index (χ0) is 15.1. The van der Waals surface area contributed by atoms with Crippen LogP contribution in [0.1, 0.15) is 10.4 Å². The second-order valence-corrected chi connectivity index (χ2v) is 5.07. The van der Waals surface area contributed by atoms with Crippen LogP contribution in [-0.4, -0.2) is 50.1 Å². The van der Waals surface area contributed by atoms with E-state index in [2.05, 4.69) is 32.1 Å². The maximum atomic E-state index is 12.3. The molecule has 20 heavy (non-hydrogen) atoms. The van der Waals surface area contributed by atoms with Crippen molar-refractivity contribution in [1.82, 2.24) is 4.90 Å². The Bertz CT molecular complexity index is 499. The zero-order valence-electron chi connectivity index (χ0n) is 11.1. The maximum absolute atomic E-state index is 12.3. The molecule has 0 unspecified atom stereocenters. The van der Waals surface area contributed by atoms with Gasteiger partial charge >= 0.3 is 11.9 Å². The van der Waals surface area contributed by atoms with E-state index in [4.69, 9.17) is 0 Å². The summed E-state index contributed by atoms with van der Waals surface area (Å²) < 4.78 is 9.92. The normalized spacial score (nSPS) is 9.75. The van der Waals surface area contributed by atoms with Crippen molar-refractivity contribution in [3.05, 3.63) is 33.4 Å². The highest BCUT2D eigenvalue weighted by molar-refractivity contribution is 14.1. The van der Waals surface area contributed by atoms with Crippen LogP contribution in [0.2, 0.25) is 0 Å². The molecular weight excluding hydrogens is 377 g/mol. The van der Waals surface area contributed by atoms with Gasteiger partial charge in [0.25, 0.3) is 5.91 Å². The van der Waals surface area contributed by atoms with Gasteiger partial charge in [-0.3, -0.25) is 14.4 Å². The van der Waals surface area contributed by atoms with Crippen LogP contribution < -0.4 is 0 Å². The smallest absolute Gasteiger partial charge is 0.325 e. The van der Waals surface area contributed by atoms with Crippen LogP contribution in [0.15, 0.2) is 24.3 Å². The molecule has 0 N–H and O–H groups in total. The van der Waals surface area contributed by atoms with E-state index in [1.807, 2.05) is 6.07 Å². The Kier molecular flexibility index (Phi) is 6.43. The van der Waals surface area contributed by atoms with Crippen molar-refractivity contribution in [2.75, 3.05) is 27.3 Å². The van der Waals surface area contributed by atoms with Crippen molar-refractivity contribution in [3.63, 3.8) is 0 Å². The van der Waals surface area contributed by atoms with Crippen LogP contribution in [0.25, 0.3) is 0 Å². The van der Waals surface area contributed by atoms with Gasteiger partial charge < -0.3 is 14.4 Å². The number of esters is 2. The molecule has 0 bridgehead atoms. The van der Waals surface area contributed by atoms with E-state index in [1.165, 1.54) is 14.2 Å². The average Bonchev–Trinajstić information content (AvgIpc) is 2.45. The van der Waals surface area contributed by atoms with E-state index in [-0.39, 0.29) is 13.1 Å². The molecule has 0 radical (unpaired) electrons. The number of amides is 1. The number of rotatable bonds is 5. The topological polar surface area (TPSA) is 72.9 Å². The van der Waals surface area contributed by atoms with Crippen LogP contribution >= 0.6 is 22.6 Å². The van der Waals surface area contributed by atoms with Gasteiger partial charge in [0.05, 0.1) is 14.2 Å². The van der Waals surface area contributed by atoms with Gasteiger partial charge in [0, 0.05) is 9.13 Å². The molecule has 0 atom stereocenters. The summed E-state index contributed by atoms with van der Waals surface area (Å²) in [7, 11) is 2.43. The summed E-state index contributed by atoms with van der Waals surface area (Å²) in [6.45, 7) is -0.619.